The minimum atomic E-state index is 0.908. The van der Waals surface area contributed by atoms with Crippen LogP contribution in [-0.4, -0.2) is 0 Å². The molecule has 0 atom stereocenters. The van der Waals surface area contributed by atoms with Crippen LogP contribution in [-0.2, 0) is 0 Å². The molecule has 0 aliphatic rings. The summed E-state index contributed by atoms with van der Waals surface area (Å²) in [6.07, 6.45) is 0. The number of benzene rings is 16. The highest BCUT2D eigenvalue weighted by Gasteiger charge is 2.17. The maximum absolute atomic E-state index is 6.29. The van der Waals surface area contributed by atoms with E-state index in [4.69, 9.17) is 22.1 Å². The molecule has 0 saturated heterocycles. The SMILES string of the molecule is Brc1ccc(-c2cccc(-c3ccc4oc5ccccc5c4c3)c2)cc1.c1cc(Nc2cccc(-c3ccc4oc5ccccc5c4c3)c2)cc(-c2ccc3oc4ccccc4c3c2)c1.c1cc(Nc2cccc(-c3cccc4c3oc3ccccc34)c2)cc(-c2cccc3c2oc2ccccc23)c1. The molecule has 16 aromatic carbocycles. The molecule has 21 rings (SSSR count). The monoisotopic (exact) mass is 1400 g/mol. The summed E-state index contributed by atoms with van der Waals surface area (Å²) < 4.78 is 31.6. The summed E-state index contributed by atoms with van der Waals surface area (Å²) in [6.45, 7) is 0. The first-order valence-corrected chi connectivity index (χ1v) is 35.5. The number of furan rings is 5. The zero-order valence-corrected chi connectivity index (χ0v) is 57.6. The molecule has 2 N–H and O–H groups in total. The topological polar surface area (TPSA) is 89.8 Å². The molecule has 0 unspecified atom stereocenters. The fourth-order valence-electron chi connectivity index (χ4n) is 14.6. The van der Waals surface area contributed by atoms with E-state index in [9.17, 15) is 0 Å². The summed E-state index contributed by atoms with van der Waals surface area (Å²) in [7, 11) is 0. The Morgan fingerprint density at radius 2 is 0.433 bits per heavy atom. The Morgan fingerprint density at radius 3 is 0.817 bits per heavy atom. The van der Waals surface area contributed by atoms with E-state index in [0.29, 0.717) is 0 Å². The molecule has 5 aromatic heterocycles. The van der Waals surface area contributed by atoms with Crippen molar-refractivity contribution in [3.63, 3.8) is 0 Å². The van der Waals surface area contributed by atoms with Crippen molar-refractivity contribution >= 4 is 148 Å². The number of anilines is 4. The van der Waals surface area contributed by atoms with Crippen LogP contribution in [0.4, 0.5) is 22.7 Å². The Bertz CT molecular complexity index is 6540. The highest BCUT2D eigenvalue weighted by molar-refractivity contribution is 9.10. The van der Waals surface area contributed by atoms with Crippen molar-refractivity contribution in [1.29, 1.82) is 0 Å². The van der Waals surface area contributed by atoms with Gasteiger partial charge >= 0.3 is 0 Å². The molecule has 0 radical (unpaired) electrons. The minimum absolute atomic E-state index is 0.908. The summed E-state index contributed by atoms with van der Waals surface area (Å²) in [4.78, 5) is 0. The second-order valence-corrected chi connectivity index (χ2v) is 27.1. The number of hydrogen-bond donors (Lipinski definition) is 2. The van der Waals surface area contributed by atoms with Gasteiger partial charge in [-0.1, -0.05) is 240 Å². The average Bonchev–Trinajstić information content (AvgIpc) is 1.62. The maximum Gasteiger partial charge on any atom is 0.143 e. The van der Waals surface area contributed by atoms with Gasteiger partial charge in [0, 0.05) is 92.2 Å². The molecule has 0 amide bonds. The highest BCUT2D eigenvalue weighted by Crippen LogP contribution is 2.42. The van der Waals surface area contributed by atoms with Crippen LogP contribution in [0, 0.1) is 0 Å². The van der Waals surface area contributed by atoms with Crippen molar-refractivity contribution in [1.82, 2.24) is 0 Å². The Kier molecular flexibility index (Phi) is 15.6. The van der Waals surface area contributed by atoms with Gasteiger partial charge in [-0.2, -0.15) is 0 Å². The summed E-state index contributed by atoms with van der Waals surface area (Å²) >= 11 is 3.50. The van der Waals surface area contributed by atoms with Gasteiger partial charge in [0.25, 0.3) is 0 Å². The van der Waals surface area contributed by atoms with Crippen LogP contribution in [0.15, 0.2) is 384 Å². The van der Waals surface area contributed by atoms with E-state index in [2.05, 4.69) is 324 Å². The van der Waals surface area contributed by atoms with Gasteiger partial charge in [0.2, 0.25) is 0 Å². The summed E-state index contributed by atoms with van der Waals surface area (Å²) in [5.41, 5.74) is 27.1. The van der Waals surface area contributed by atoms with Gasteiger partial charge in [0.15, 0.2) is 0 Å². The van der Waals surface area contributed by atoms with Crippen LogP contribution in [0.25, 0.3) is 176 Å². The molecular formula is C96H61BrN2O5. The first kappa shape index (κ1) is 61.7. The second kappa shape index (κ2) is 26.3. The van der Waals surface area contributed by atoms with Crippen molar-refractivity contribution < 1.29 is 22.1 Å². The Morgan fingerprint density at radius 1 is 0.173 bits per heavy atom. The van der Waals surface area contributed by atoms with E-state index in [1.807, 2.05) is 60.7 Å². The molecule has 21 aromatic rings. The fraction of sp³-hybridized carbons (Fsp3) is 0. The van der Waals surface area contributed by atoms with E-state index < -0.39 is 0 Å². The molecule has 0 saturated carbocycles. The third-order valence-corrected chi connectivity index (χ3v) is 20.2. The number of nitrogens with one attached hydrogen (secondary N) is 2. The van der Waals surface area contributed by atoms with Gasteiger partial charge in [-0.05, 0) is 189 Å². The van der Waals surface area contributed by atoms with Crippen molar-refractivity contribution in [3.05, 3.63) is 362 Å². The molecule has 5 heterocycles. The van der Waals surface area contributed by atoms with Gasteiger partial charge in [0.05, 0.1) is 0 Å². The molecule has 0 bridgehead atoms. The first-order chi connectivity index (χ1) is 51.4. The molecule has 0 aliphatic heterocycles. The minimum Gasteiger partial charge on any atom is -0.456 e. The number of rotatable bonds is 10. The van der Waals surface area contributed by atoms with Gasteiger partial charge in [0.1, 0.15) is 55.8 Å². The smallest absolute Gasteiger partial charge is 0.143 e. The number of fused-ring (bicyclic) bond motifs is 15. The van der Waals surface area contributed by atoms with Crippen molar-refractivity contribution in [3.8, 4) is 66.8 Å². The quantitative estimate of drug-likeness (QED) is 0.141. The van der Waals surface area contributed by atoms with E-state index in [1.165, 1.54) is 22.3 Å². The van der Waals surface area contributed by atoms with Crippen LogP contribution in [0.3, 0.4) is 0 Å². The standard InChI is InChI=1S/2C36H23NO2.C24H15BrO/c1-3-19-33-29(13-1)31-17-7-15-27(35(31)38-33)23-9-5-11-25(21-23)37-26-12-6-10-24(22-26)28-16-8-18-32-30-14-2-4-20-34(30)39-36(28)32;1-3-13-33-29(11-1)31-21-25(15-17-35(31)38-33)23-7-5-9-27(19-23)37-28-10-6-8-24(20-28)26-16-18-36-32(22-26)30-12-2-4-14-34(30)39-36;25-20-11-8-16(9-12-20)17-4-3-5-18(14-17)19-10-13-24-22(15-19)21-6-1-2-7-23(21)26-24/h2*1-22,37H;1-15H. The number of hydrogen-bond acceptors (Lipinski definition) is 7. The molecule has 104 heavy (non-hydrogen) atoms. The zero-order valence-electron chi connectivity index (χ0n) is 56.0. The van der Waals surface area contributed by atoms with Crippen LogP contribution in [0.5, 0.6) is 0 Å². The van der Waals surface area contributed by atoms with Crippen molar-refractivity contribution in [2.45, 2.75) is 0 Å². The average molecular weight is 1400 g/mol. The van der Waals surface area contributed by atoms with E-state index in [1.54, 1.807) is 0 Å². The van der Waals surface area contributed by atoms with E-state index in [-0.39, 0.29) is 0 Å². The molecular weight excluding hydrogens is 1340 g/mol. The van der Waals surface area contributed by atoms with Gasteiger partial charge < -0.3 is 32.7 Å². The first-order valence-electron chi connectivity index (χ1n) is 34.7. The van der Waals surface area contributed by atoms with Crippen LogP contribution in [0.2, 0.25) is 0 Å². The fourth-order valence-corrected chi connectivity index (χ4v) is 14.9. The zero-order chi connectivity index (χ0) is 69.0. The van der Waals surface area contributed by atoms with Crippen molar-refractivity contribution in [2.75, 3.05) is 10.6 Å². The Labute approximate surface area is 606 Å². The van der Waals surface area contributed by atoms with E-state index >= 15 is 0 Å². The van der Waals surface area contributed by atoms with Gasteiger partial charge in [-0.25, -0.2) is 0 Å². The molecule has 0 aliphatic carbocycles. The molecule has 492 valence electrons. The number of halogens is 1. The lowest BCUT2D eigenvalue weighted by molar-refractivity contribution is 0.668. The normalized spacial score (nSPS) is 11.5. The molecule has 0 fully saturated rings. The molecule has 0 spiro atoms. The Balaban J connectivity index is 0.000000110. The second-order valence-electron chi connectivity index (χ2n) is 26.1. The van der Waals surface area contributed by atoms with Crippen LogP contribution >= 0.6 is 15.9 Å². The van der Waals surface area contributed by atoms with Crippen LogP contribution in [0.1, 0.15) is 0 Å². The van der Waals surface area contributed by atoms with Crippen LogP contribution < -0.4 is 10.6 Å². The molecule has 7 nitrogen and oxygen atoms in total. The predicted molar refractivity (Wildman–Crippen MR) is 435 cm³/mol. The largest absolute Gasteiger partial charge is 0.456 e. The lowest BCUT2D eigenvalue weighted by Crippen LogP contribution is -1.91. The van der Waals surface area contributed by atoms with Gasteiger partial charge in [-0.15, -0.1) is 0 Å². The summed E-state index contributed by atoms with van der Waals surface area (Å²) in [5, 5.41) is 18.6. The lowest BCUT2D eigenvalue weighted by Gasteiger charge is -2.11. The van der Waals surface area contributed by atoms with Crippen molar-refractivity contribution in [2.24, 2.45) is 0 Å². The number of para-hydroxylation sites is 7. The predicted octanol–water partition coefficient (Wildman–Crippen LogP) is 28.8. The Hall–Kier alpha value is -13.4. The summed E-state index contributed by atoms with van der Waals surface area (Å²) in [5.74, 6) is 0. The third kappa shape index (κ3) is 11.7. The third-order valence-electron chi connectivity index (χ3n) is 19.6. The van der Waals surface area contributed by atoms with E-state index in [0.717, 1.165) is 181 Å². The van der Waals surface area contributed by atoms with Gasteiger partial charge in [-0.3, -0.25) is 0 Å². The molecule has 8 heteroatoms. The maximum atomic E-state index is 6.29. The highest BCUT2D eigenvalue weighted by atomic mass is 79.9. The lowest BCUT2D eigenvalue weighted by atomic mass is 9.98. The summed E-state index contributed by atoms with van der Waals surface area (Å²) in [6, 6.07) is 124.